The number of carbonyl (C=O) groups is 1. The molecule has 0 bridgehead atoms. The minimum atomic E-state index is -0.537. The molecule has 0 aromatic heterocycles. The maximum atomic E-state index is 12.2. The third-order valence-corrected chi connectivity index (χ3v) is 3.40. The van der Waals surface area contributed by atoms with Gasteiger partial charge in [0.2, 0.25) is 5.78 Å². The molecule has 0 heterocycles. The van der Waals surface area contributed by atoms with E-state index in [9.17, 15) is 4.79 Å². The highest BCUT2D eigenvalue weighted by molar-refractivity contribution is 9.10. The Kier molecular flexibility index (Phi) is 4.79. The van der Waals surface area contributed by atoms with Crippen LogP contribution in [0.2, 0.25) is 0 Å². The van der Waals surface area contributed by atoms with Gasteiger partial charge in [0.05, 0.1) is 7.11 Å². The molecule has 0 N–H and O–H groups in total. The monoisotopic (exact) mass is 334 g/mol. The number of rotatable bonds is 5. The number of ketones is 1. The third kappa shape index (κ3) is 3.61. The molecule has 0 spiro atoms. The molecule has 2 aromatic carbocycles. The molecule has 0 fully saturated rings. The summed E-state index contributed by atoms with van der Waals surface area (Å²) in [4.78, 5) is 12.2. The quantitative estimate of drug-likeness (QED) is 0.772. The van der Waals surface area contributed by atoms with Gasteiger partial charge in [-0.15, -0.1) is 0 Å². The fraction of sp³-hybridized carbons (Fsp3) is 0.188. The Labute approximate surface area is 126 Å². The van der Waals surface area contributed by atoms with Crippen LogP contribution in [0.3, 0.4) is 0 Å². The van der Waals surface area contributed by atoms with Crippen molar-refractivity contribution in [3.05, 3.63) is 58.6 Å². The zero-order valence-electron chi connectivity index (χ0n) is 11.3. The topological polar surface area (TPSA) is 35.5 Å². The van der Waals surface area contributed by atoms with E-state index in [4.69, 9.17) is 9.47 Å². The number of benzene rings is 2. The fourth-order valence-corrected chi connectivity index (χ4v) is 2.03. The van der Waals surface area contributed by atoms with Gasteiger partial charge in [0.1, 0.15) is 11.5 Å². The number of hydrogen-bond donors (Lipinski definition) is 0. The van der Waals surface area contributed by atoms with Crippen molar-refractivity contribution < 1.29 is 14.3 Å². The highest BCUT2D eigenvalue weighted by atomic mass is 79.9. The van der Waals surface area contributed by atoms with Crippen LogP contribution in [0.4, 0.5) is 0 Å². The van der Waals surface area contributed by atoms with Gasteiger partial charge >= 0.3 is 0 Å². The van der Waals surface area contributed by atoms with Crippen molar-refractivity contribution in [3.8, 4) is 11.5 Å². The van der Waals surface area contributed by atoms with Crippen LogP contribution >= 0.6 is 15.9 Å². The molecular weight excluding hydrogens is 320 g/mol. The second kappa shape index (κ2) is 6.57. The van der Waals surface area contributed by atoms with E-state index in [1.165, 1.54) is 0 Å². The van der Waals surface area contributed by atoms with Crippen molar-refractivity contribution >= 4 is 21.7 Å². The van der Waals surface area contributed by atoms with Gasteiger partial charge in [-0.25, -0.2) is 0 Å². The van der Waals surface area contributed by atoms with E-state index in [2.05, 4.69) is 15.9 Å². The van der Waals surface area contributed by atoms with Gasteiger partial charge in [-0.05, 0) is 43.3 Å². The van der Waals surface area contributed by atoms with Crippen LogP contribution in [0.25, 0.3) is 0 Å². The lowest BCUT2D eigenvalue weighted by molar-refractivity contribution is 0.0818. The Hall–Kier alpha value is -1.81. The van der Waals surface area contributed by atoms with E-state index in [-0.39, 0.29) is 5.78 Å². The van der Waals surface area contributed by atoms with E-state index in [1.807, 2.05) is 12.1 Å². The van der Waals surface area contributed by atoms with Crippen LogP contribution in [0.15, 0.2) is 53.0 Å². The van der Waals surface area contributed by atoms with Gasteiger partial charge in [0.25, 0.3) is 0 Å². The van der Waals surface area contributed by atoms with Crippen molar-refractivity contribution in [2.45, 2.75) is 13.0 Å². The second-order valence-corrected chi connectivity index (χ2v) is 5.22. The first-order chi connectivity index (χ1) is 9.60. The third-order valence-electron chi connectivity index (χ3n) is 2.87. The summed E-state index contributed by atoms with van der Waals surface area (Å²) < 4.78 is 11.7. The molecule has 2 aromatic rings. The minimum absolute atomic E-state index is 0.0479. The summed E-state index contributed by atoms with van der Waals surface area (Å²) in [5.74, 6) is 1.35. The summed E-state index contributed by atoms with van der Waals surface area (Å²) in [6, 6.07) is 14.4. The highest BCUT2D eigenvalue weighted by Gasteiger charge is 2.16. The van der Waals surface area contributed by atoms with Crippen LogP contribution in [0.1, 0.15) is 17.3 Å². The van der Waals surface area contributed by atoms with Crippen LogP contribution in [0.5, 0.6) is 11.5 Å². The molecule has 1 unspecified atom stereocenters. The summed E-state index contributed by atoms with van der Waals surface area (Å²) >= 11 is 3.34. The van der Waals surface area contributed by atoms with Crippen molar-refractivity contribution in [2.75, 3.05) is 7.11 Å². The number of ether oxygens (including phenoxy) is 2. The molecule has 0 aliphatic carbocycles. The molecular formula is C16H15BrO3. The first-order valence-corrected chi connectivity index (χ1v) is 7.00. The Morgan fingerprint density at radius 2 is 1.55 bits per heavy atom. The molecule has 104 valence electrons. The summed E-state index contributed by atoms with van der Waals surface area (Å²) in [6.07, 6.45) is -0.537. The lowest BCUT2D eigenvalue weighted by Gasteiger charge is -2.14. The molecule has 0 saturated heterocycles. The smallest absolute Gasteiger partial charge is 0.202 e. The number of Topliss-reactive ketones (excluding diaryl/α,β-unsaturated/α-hetero) is 1. The molecule has 0 radical (unpaired) electrons. The van der Waals surface area contributed by atoms with E-state index in [0.717, 1.165) is 10.2 Å². The predicted octanol–water partition coefficient (Wildman–Crippen LogP) is 4.11. The van der Waals surface area contributed by atoms with Crippen molar-refractivity contribution in [2.24, 2.45) is 0 Å². The van der Waals surface area contributed by atoms with Crippen LogP contribution in [0, 0.1) is 0 Å². The van der Waals surface area contributed by atoms with E-state index in [0.29, 0.717) is 11.3 Å². The number of hydrogen-bond acceptors (Lipinski definition) is 3. The molecule has 20 heavy (non-hydrogen) atoms. The molecule has 1 atom stereocenters. The van der Waals surface area contributed by atoms with Gasteiger partial charge in [-0.3, -0.25) is 4.79 Å². The molecule has 0 aliphatic rings. The summed E-state index contributed by atoms with van der Waals surface area (Å²) in [7, 11) is 1.61. The Bertz CT molecular complexity index is 576. The molecule has 3 nitrogen and oxygen atoms in total. The number of carbonyl (C=O) groups excluding carboxylic acids is 1. The van der Waals surface area contributed by atoms with Gasteiger partial charge in [0, 0.05) is 10.0 Å². The predicted molar refractivity (Wildman–Crippen MR) is 81.6 cm³/mol. The van der Waals surface area contributed by atoms with Crippen molar-refractivity contribution in [3.63, 3.8) is 0 Å². The zero-order valence-corrected chi connectivity index (χ0v) is 12.9. The van der Waals surface area contributed by atoms with Crippen LogP contribution < -0.4 is 9.47 Å². The van der Waals surface area contributed by atoms with Crippen molar-refractivity contribution in [1.29, 1.82) is 0 Å². The van der Waals surface area contributed by atoms with E-state index in [1.54, 1.807) is 50.4 Å². The largest absolute Gasteiger partial charge is 0.497 e. The van der Waals surface area contributed by atoms with Gasteiger partial charge in [-0.2, -0.15) is 0 Å². The average Bonchev–Trinajstić information content (AvgIpc) is 2.48. The molecule has 0 amide bonds. The maximum absolute atomic E-state index is 12.2. The molecule has 2 rings (SSSR count). The Morgan fingerprint density at radius 3 is 2.10 bits per heavy atom. The molecule has 0 saturated carbocycles. The lowest BCUT2D eigenvalue weighted by atomic mass is 10.1. The lowest BCUT2D eigenvalue weighted by Crippen LogP contribution is -2.23. The fourth-order valence-electron chi connectivity index (χ4n) is 1.76. The second-order valence-electron chi connectivity index (χ2n) is 4.31. The Balaban J connectivity index is 2.04. The first kappa shape index (κ1) is 14.6. The highest BCUT2D eigenvalue weighted by Crippen LogP contribution is 2.19. The molecule has 0 aliphatic heterocycles. The summed E-state index contributed by atoms with van der Waals surface area (Å²) in [5, 5.41) is 0. The average molecular weight is 335 g/mol. The number of halogens is 1. The van der Waals surface area contributed by atoms with Gasteiger partial charge in [0.15, 0.2) is 6.10 Å². The van der Waals surface area contributed by atoms with Crippen LogP contribution in [-0.4, -0.2) is 19.0 Å². The minimum Gasteiger partial charge on any atom is -0.497 e. The van der Waals surface area contributed by atoms with Gasteiger partial charge in [-0.1, -0.05) is 28.1 Å². The zero-order chi connectivity index (χ0) is 14.5. The van der Waals surface area contributed by atoms with Crippen molar-refractivity contribution in [1.82, 2.24) is 0 Å². The van der Waals surface area contributed by atoms with Gasteiger partial charge < -0.3 is 9.47 Å². The maximum Gasteiger partial charge on any atom is 0.202 e. The summed E-state index contributed by atoms with van der Waals surface area (Å²) in [5.41, 5.74) is 0.634. The normalized spacial score (nSPS) is 11.8. The standard InChI is InChI=1S/C16H15BrO3/c1-11(16(18)12-3-5-13(17)6-4-12)20-15-9-7-14(19-2)8-10-15/h3-11H,1-2H3. The van der Waals surface area contributed by atoms with E-state index >= 15 is 0 Å². The first-order valence-electron chi connectivity index (χ1n) is 6.20. The summed E-state index contributed by atoms with van der Waals surface area (Å²) in [6.45, 7) is 1.74. The SMILES string of the molecule is COc1ccc(OC(C)C(=O)c2ccc(Br)cc2)cc1. The Morgan fingerprint density at radius 1 is 1.00 bits per heavy atom. The molecule has 4 heteroatoms. The van der Waals surface area contributed by atoms with Crippen LogP contribution in [-0.2, 0) is 0 Å². The number of methoxy groups -OCH3 is 1. The van der Waals surface area contributed by atoms with E-state index < -0.39 is 6.10 Å².